The lowest BCUT2D eigenvalue weighted by molar-refractivity contribution is 0.0950. The first-order chi connectivity index (χ1) is 12.5. The van der Waals surface area contributed by atoms with Crippen molar-refractivity contribution in [1.29, 1.82) is 0 Å². The molecule has 0 aliphatic heterocycles. The molecule has 0 aliphatic rings. The number of hydrogen-bond acceptors (Lipinski definition) is 4. The zero-order valence-corrected chi connectivity index (χ0v) is 16.0. The monoisotopic (exact) mass is 356 g/mol. The van der Waals surface area contributed by atoms with Gasteiger partial charge < -0.3 is 19.7 Å². The largest absolute Gasteiger partial charge is 0.490 e. The van der Waals surface area contributed by atoms with Crippen molar-refractivity contribution in [3.05, 3.63) is 59.2 Å². The Morgan fingerprint density at radius 1 is 0.962 bits per heavy atom. The Labute approximate surface area is 155 Å². The molecule has 0 atom stereocenters. The smallest absolute Gasteiger partial charge is 0.251 e. The third-order valence-electron chi connectivity index (χ3n) is 3.85. The van der Waals surface area contributed by atoms with Crippen LogP contribution in [0, 0.1) is 0 Å². The van der Waals surface area contributed by atoms with Crippen LogP contribution in [0.4, 0.5) is 0 Å². The van der Waals surface area contributed by atoms with E-state index in [1.165, 1.54) is 5.56 Å². The van der Waals surface area contributed by atoms with Gasteiger partial charge in [-0.15, -0.1) is 0 Å². The molecule has 0 unspecified atom stereocenters. The summed E-state index contributed by atoms with van der Waals surface area (Å²) in [5.41, 5.74) is 2.88. The summed E-state index contributed by atoms with van der Waals surface area (Å²) < 4.78 is 11.1. The molecule has 0 saturated heterocycles. The lowest BCUT2D eigenvalue weighted by Gasteiger charge is -2.15. The van der Waals surface area contributed by atoms with E-state index >= 15 is 0 Å². The molecule has 140 valence electrons. The summed E-state index contributed by atoms with van der Waals surface area (Å²) in [5.74, 6) is 1.12. The maximum absolute atomic E-state index is 12.6. The predicted molar refractivity (Wildman–Crippen MR) is 104 cm³/mol. The van der Waals surface area contributed by atoms with E-state index in [1.807, 2.05) is 46.1 Å². The fourth-order valence-electron chi connectivity index (χ4n) is 2.69. The van der Waals surface area contributed by atoms with Crippen molar-refractivity contribution in [2.75, 3.05) is 27.3 Å². The van der Waals surface area contributed by atoms with Gasteiger partial charge in [-0.25, -0.2) is 0 Å². The van der Waals surface area contributed by atoms with Crippen LogP contribution in [0.1, 0.15) is 35.3 Å². The van der Waals surface area contributed by atoms with Gasteiger partial charge in [0, 0.05) is 18.7 Å². The lowest BCUT2D eigenvalue weighted by Crippen LogP contribution is -2.24. The average Bonchev–Trinajstić information content (AvgIpc) is 2.62. The molecule has 0 saturated carbocycles. The third-order valence-corrected chi connectivity index (χ3v) is 3.85. The number of nitrogens with one attached hydrogen (secondary N) is 1. The number of carbonyl (C=O) groups is 1. The first-order valence-corrected chi connectivity index (χ1v) is 8.94. The number of nitrogens with zero attached hydrogens (tertiary/aromatic N) is 1. The Morgan fingerprint density at radius 3 is 2.27 bits per heavy atom. The number of amides is 1. The first kappa shape index (κ1) is 19.8. The van der Waals surface area contributed by atoms with Gasteiger partial charge in [-0.05, 0) is 57.3 Å². The molecule has 26 heavy (non-hydrogen) atoms. The van der Waals surface area contributed by atoms with Crippen LogP contribution in [0.5, 0.6) is 11.5 Å². The van der Waals surface area contributed by atoms with Crippen LogP contribution < -0.4 is 14.8 Å². The van der Waals surface area contributed by atoms with Gasteiger partial charge in [-0.3, -0.25) is 4.79 Å². The molecule has 0 bridgehead atoms. The third kappa shape index (κ3) is 5.49. The molecular formula is C21H28N2O3. The van der Waals surface area contributed by atoms with E-state index in [1.54, 1.807) is 18.2 Å². The van der Waals surface area contributed by atoms with Gasteiger partial charge in [0.2, 0.25) is 0 Å². The van der Waals surface area contributed by atoms with Crippen LogP contribution in [-0.4, -0.2) is 38.1 Å². The highest BCUT2D eigenvalue weighted by Gasteiger charge is 2.12. The fourth-order valence-corrected chi connectivity index (χ4v) is 2.69. The number of rotatable bonds is 9. The number of ether oxygens (including phenoxy) is 2. The minimum Gasteiger partial charge on any atom is -0.490 e. The molecular weight excluding hydrogens is 328 g/mol. The quantitative estimate of drug-likeness (QED) is 0.747. The summed E-state index contributed by atoms with van der Waals surface area (Å²) >= 11 is 0. The van der Waals surface area contributed by atoms with E-state index in [2.05, 4.69) is 16.3 Å². The Kier molecular flexibility index (Phi) is 7.48. The van der Waals surface area contributed by atoms with Crippen molar-refractivity contribution >= 4 is 5.91 Å². The molecule has 1 N–H and O–H groups in total. The maximum Gasteiger partial charge on any atom is 0.251 e. The zero-order chi connectivity index (χ0) is 18.9. The number of hydrogen-bond donors (Lipinski definition) is 1. The standard InChI is InChI=1S/C21H28N2O3/c1-5-25-19-12-11-16(13-20(19)26-6-2)21(24)22-14-17-9-7-8-10-18(17)15-23(3)4/h7-13H,5-6,14-15H2,1-4H3,(H,22,24). The molecule has 0 fully saturated rings. The Bertz CT molecular complexity index is 729. The van der Waals surface area contributed by atoms with Gasteiger partial charge in [0.15, 0.2) is 11.5 Å². The number of benzene rings is 2. The van der Waals surface area contributed by atoms with Gasteiger partial charge in [0.05, 0.1) is 13.2 Å². The average molecular weight is 356 g/mol. The minimum absolute atomic E-state index is 0.131. The topological polar surface area (TPSA) is 50.8 Å². The maximum atomic E-state index is 12.6. The van der Waals surface area contributed by atoms with Crippen molar-refractivity contribution in [2.45, 2.75) is 26.9 Å². The summed E-state index contributed by atoms with van der Waals surface area (Å²) in [4.78, 5) is 14.7. The molecule has 0 radical (unpaired) electrons. The SMILES string of the molecule is CCOc1ccc(C(=O)NCc2ccccc2CN(C)C)cc1OCC. The normalized spacial score (nSPS) is 10.7. The predicted octanol–water partition coefficient (Wildman–Crippen LogP) is 3.48. The van der Waals surface area contributed by atoms with Crippen LogP contribution in [0.15, 0.2) is 42.5 Å². The highest BCUT2D eigenvalue weighted by molar-refractivity contribution is 5.94. The molecule has 2 aromatic rings. The molecule has 0 aliphatic carbocycles. The first-order valence-electron chi connectivity index (χ1n) is 8.94. The van der Waals surface area contributed by atoms with E-state index in [9.17, 15) is 4.79 Å². The Hall–Kier alpha value is -2.53. The highest BCUT2D eigenvalue weighted by Crippen LogP contribution is 2.28. The van der Waals surface area contributed by atoms with Gasteiger partial charge in [-0.1, -0.05) is 24.3 Å². The molecule has 2 aromatic carbocycles. The second kappa shape index (κ2) is 9.82. The van der Waals surface area contributed by atoms with Crippen molar-refractivity contribution in [1.82, 2.24) is 10.2 Å². The molecule has 2 rings (SSSR count). The van der Waals surface area contributed by atoms with Crippen LogP contribution in [-0.2, 0) is 13.1 Å². The lowest BCUT2D eigenvalue weighted by atomic mass is 10.1. The van der Waals surface area contributed by atoms with E-state index in [0.29, 0.717) is 36.8 Å². The van der Waals surface area contributed by atoms with Gasteiger partial charge in [-0.2, -0.15) is 0 Å². The minimum atomic E-state index is -0.131. The summed E-state index contributed by atoms with van der Waals surface area (Å²) in [6.45, 7) is 6.21. The van der Waals surface area contributed by atoms with E-state index in [-0.39, 0.29) is 5.91 Å². The van der Waals surface area contributed by atoms with E-state index < -0.39 is 0 Å². The molecule has 1 amide bonds. The summed E-state index contributed by atoms with van der Waals surface area (Å²) in [6, 6.07) is 13.4. The highest BCUT2D eigenvalue weighted by atomic mass is 16.5. The molecule has 0 spiro atoms. The number of carbonyl (C=O) groups excluding carboxylic acids is 1. The summed E-state index contributed by atoms with van der Waals surface area (Å²) in [7, 11) is 4.06. The van der Waals surface area contributed by atoms with Crippen molar-refractivity contribution in [3.63, 3.8) is 0 Å². The summed E-state index contributed by atoms with van der Waals surface area (Å²) in [5, 5.41) is 3.00. The molecule has 0 aromatic heterocycles. The molecule has 0 heterocycles. The fraction of sp³-hybridized carbons (Fsp3) is 0.381. The van der Waals surface area contributed by atoms with Crippen LogP contribution in [0.25, 0.3) is 0 Å². The van der Waals surface area contributed by atoms with E-state index in [0.717, 1.165) is 12.1 Å². The second-order valence-corrected chi connectivity index (χ2v) is 6.22. The zero-order valence-electron chi connectivity index (χ0n) is 16.0. The van der Waals surface area contributed by atoms with Gasteiger partial charge in [0.1, 0.15) is 0 Å². The van der Waals surface area contributed by atoms with Crippen molar-refractivity contribution in [2.24, 2.45) is 0 Å². The van der Waals surface area contributed by atoms with Crippen molar-refractivity contribution in [3.8, 4) is 11.5 Å². The molecule has 5 nitrogen and oxygen atoms in total. The Morgan fingerprint density at radius 2 is 1.62 bits per heavy atom. The Balaban J connectivity index is 2.09. The van der Waals surface area contributed by atoms with Crippen LogP contribution in [0.3, 0.4) is 0 Å². The van der Waals surface area contributed by atoms with E-state index in [4.69, 9.17) is 9.47 Å². The van der Waals surface area contributed by atoms with Crippen LogP contribution >= 0.6 is 0 Å². The summed E-state index contributed by atoms with van der Waals surface area (Å²) in [6.07, 6.45) is 0. The van der Waals surface area contributed by atoms with Gasteiger partial charge >= 0.3 is 0 Å². The van der Waals surface area contributed by atoms with Gasteiger partial charge in [0.25, 0.3) is 5.91 Å². The van der Waals surface area contributed by atoms with Crippen molar-refractivity contribution < 1.29 is 14.3 Å². The van der Waals surface area contributed by atoms with Crippen LogP contribution in [0.2, 0.25) is 0 Å². The second-order valence-electron chi connectivity index (χ2n) is 6.22. The molecule has 5 heteroatoms.